The van der Waals surface area contributed by atoms with E-state index in [4.69, 9.17) is 23.8 Å². The summed E-state index contributed by atoms with van der Waals surface area (Å²) in [5, 5.41) is 9.92. The maximum absolute atomic E-state index is 12.6. The standard InChI is InChI=1S/C20H18ClN3O2S2/c1-3-16(25)22-13-8-6-9-14(11(13)2)23-20(27)24-19(26)18-17(21)12-7-4-5-10-15(12)28-18/h4-10H,3H2,1-2H3,(H,22,25)(H2,23,24,26,27). The summed E-state index contributed by atoms with van der Waals surface area (Å²) in [6.45, 7) is 3.65. The summed E-state index contributed by atoms with van der Waals surface area (Å²) < 4.78 is 0.937. The van der Waals surface area contributed by atoms with Crippen LogP contribution in [0.3, 0.4) is 0 Å². The van der Waals surface area contributed by atoms with E-state index in [1.165, 1.54) is 11.3 Å². The van der Waals surface area contributed by atoms with Crippen LogP contribution in [0.1, 0.15) is 28.6 Å². The van der Waals surface area contributed by atoms with Crippen LogP contribution in [0, 0.1) is 6.92 Å². The molecule has 3 aromatic rings. The summed E-state index contributed by atoms with van der Waals surface area (Å²) in [6.07, 6.45) is 0.390. The quantitative estimate of drug-likeness (QED) is 0.488. The van der Waals surface area contributed by atoms with Crippen molar-refractivity contribution in [2.24, 2.45) is 0 Å². The average molecular weight is 432 g/mol. The number of rotatable bonds is 4. The van der Waals surface area contributed by atoms with E-state index < -0.39 is 0 Å². The van der Waals surface area contributed by atoms with Gasteiger partial charge in [-0.25, -0.2) is 0 Å². The predicted octanol–water partition coefficient (Wildman–Crippen LogP) is 5.34. The van der Waals surface area contributed by atoms with Gasteiger partial charge < -0.3 is 10.6 Å². The number of halogens is 1. The first kappa shape index (κ1) is 20.3. The molecule has 3 rings (SSSR count). The number of hydrogen-bond donors (Lipinski definition) is 3. The van der Waals surface area contributed by atoms with Gasteiger partial charge in [-0.2, -0.15) is 0 Å². The van der Waals surface area contributed by atoms with Crippen molar-refractivity contribution in [3.63, 3.8) is 0 Å². The second kappa shape index (κ2) is 8.68. The first-order chi connectivity index (χ1) is 13.4. The molecule has 3 N–H and O–H groups in total. The SMILES string of the molecule is CCC(=O)Nc1cccc(NC(=S)NC(=O)c2sc3ccccc3c2Cl)c1C. The second-order valence-corrected chi connectivity index (χ2v) is 7.87. The van der Waals surface area contributed by atoms with E-state index in [9.17, 15) is 9.59 Å². The number of thiocarbonyl (C=S) groups is 1. The van der Waals surface area contributed by atoms with Crippen molar-refractivity contribution in [3.8, 4) is 0 Å². The smallest absolute Gasteiger partial charge is 0.269 e. The maximum Gasteiger partial charge on any atom is 0.269 e. The van der Waals surface area contributed by atoms with Crippen LogP contribution in [0.15, 0.2) is 42.5 Å². The number of hydrogen-bond acceptors (Lipinski definition) is 4. The molecule has 144 valence electrons. The zero-order valence-electron chi connectivity index (χ0n) is 15.3. The lowest BCUT2D eigenvalue weighted by Crippen LogP contribution is -2.34. The Kier molecular flexibility index (Phi) is 6.28. The van der Waals surface area contributed by atoms with E-state index in [0.717, 1.165) is 15.6 Å². The van der Waals surface area contributed by atoms with E-state index in [2.05, 4.69) is 16.0 Å². The molecule has 1 aromatic heterocycles. The third-order valence-corrected chi connectivity index (χ3v) is 6.02. The number of nitrogens with one attached hydrogen (secondary N) is 3. The van der Waals surface area contributed by atoms with Gasteiger partial charge in [0.1, 0.15) is 4.88 Å². The van der Waals surface area contributed by atoms with Crippen molar-refractivity contribution >= 4 is 73.5 Å². The van der Waals surface area contributed by atoms with Crippen LogP contribution in [0.25, 0.3) is 10.1 Å². The molecule has 0 bridgehead atoms. The number of anilines is 2. The highest BCUT2D eigenvalue weighted by molar-refractivity contribution is 7.80. The van der Waals surface area contributed by atoms with Crippen molar-refractivity contribution in [3.05, 3.63) is 57.9 Å². The van der Waals surface area contributed by atoms with Crippen LogP contribution in [-0.2, 0) is 4.79 Å². The van der Waals surface area contributed by atoms with Crippen LogP contribution in [-0.4, -0.2) is 16.9 Å². The van der Waals surface area contributed by atoms with Gasteiger partial charge in [0.15, 0.2) is 5.11 Å². The molecule has 0 fully saturated rings. The van der Waals surface area contributed by atoms with E-state index in [0.29, 0.717) is 27.7 Å². The Morgan fingerprint density at radius 2 is 1.75 bits per heavy atom. The molecular formula is C20H18ClN3O2S2. The molecule has 0 spiro atoms. The molecule has 0 aliphatic heterocycles. The normalized spacial score (nSPS) is 10.5. The molecule has 0 saturated carbocycles. The van der Waals surface area contributed by atoms with Crippen molar-refractivity contribution in [2.75, 3.05) is 10.6 Å². The number of benzene rings is 2. The molecule has 0 atom stereocenters. The molecule has 2 aromatic carbocycles. The number of fused-ring (bicyclic) bond motifs is 1. The molecule has 1 heterocycles. The van der Waals surface area contributed by atoms with Gasteiger partial charge in [0.2, 0.25) is 5.91 Å². The van der Waals surface area contributed by atoms with Gasteiger partial charge in [-0.05, 0) is 42.9 Å². The molecule has 2 amide bonds. The highest BCUT2D eigenvalue weighted by Gasteiger charge is 2.18. The number of carbonyl (C=O) groups is 2. The number of thiophene rings is 1. The topological polar surface area (TPSA) is 70.2 Å². The predicted molar refractivity (Wildman–Crippen MR) is 121 cm³/mol. The van der Waals surface area contributed by atoms with Crippen LogP contribution >= 0.6 is 35.2 Å². The molecule has 0 saturated heterocycles. The lowest BCUT2D eigenvalue weighted by molar-refractivity contribution is -0.115. The number of carbonyl (C=O) groups excluding carboxylic acids is 2. The summed E-state index contributed by atoms with van der Waals surface area (Å²) in [7, 11) is 0. The third kappa shape index (κ3) is 4.32. The van der Waals surface area contributed by atoms with Crippen LogP contribution in [0.2, 0.25) is 5.02 Å². The Labute approximate surface area is 177 Å². The highest BCUT2D eigenvalue weighted by atomic mass is 35.5. The van der Waals surface area contributed by atoms with Gasteiger partial charge in [0.25, 0.3) is 5.91 Å². The Morgan fingerprint density at radius 3 is 2.43 bits per heavy atom. The summed E-state index contributed by atoms with van der Waals surface area (Å²) >= 11 is 12.9. The maximum atomic E-state index is 12.6. The van der Waals surface area contributed by atoms with Crippen LogP contribution < -0.4 is 16.0 Å². The van der Waals surface area contributed by atoms with Gasteiger partial charge >= 0.3 is 0 Å². The fraction of sp³-hybridized carbons (Fsp3) is 0.150. The first-order valence-electron chi connectivity index (χ1n) is 8.59. The summed E-state index contributed by atoms with van der Waals surface area (Å²) in [5.74, 6) is -0.438. The minimum atomic E-state index is -0.364. The zero-order chi connectivity index (χ0) is 20.3. The zero-order valence-corrected chi connectivity index (χ0v) is 17.6. The van der Waals surface area contributed by atoms with Gasteiger partial charge in [-0.15, -0.1) is 11.3 Å². The average Bonchev–Trinajstić information content (AvgIpc) is 3.02. The van der Waals surface area contributed by atoms with E-state index in [1.807, 2.05) is 43.3 Å². The van der Waals surface area contributed by atoms with Gasteiger partial charge in [-0.3, -0.25) is 14.9 Å². The molecule has 0 radical (unpaired) electrons. The van der Waals surface area contributed by atoms with Crippen molar-refractivity contribution in [2.45, 2.75) is 20.3 Å². The fourth-order valence-corrected chi connectivity index (χ4v) is 4.23. The monoisotopic (exact) mass is 431 g/mol. The minimum Gasteiger partial charge on any atom is -0.332 e. The lowest BCUT2D eigenvalue weighted by Gasteiger charge is -2.14. The van der Waals surface area contributed by atoms with E-state index in [1.54, 1.807) is 13.0 Å². The highest BCUT2D eigenvalue weighted by Crippen LogP contribution is 2.35. The molecule has 0 aliphatic rings. The van der Waals surface area contributed by atoms with Crippen LogP contribution in [0.5, 0.6) is 0 Å². The summed E-state index contributed by atoms with van der Waals surface area (Å²) in [4.78, 5) is 24.7. The Balaban J connectivity index is 1.73. The number of amides is 2. The largest absolute Gasteiger partial charge is 0.332 e. The van der Waals surface area contributed by atoms with Crippen molar-refractivity contribution in [1.29, 1.82) is 0 Å². The summed E-state index contributed by atoms with van der Waals surface area (Å²) in [6, 6.07) is 13.0. The van der Waals surface area contributed by atoms with E-state index in [-0.39, 0.29) is 16.9 Å². The fourth-order valence-electron chi connectivity index (χ4n) is 2.62. The van der Waals surface area contributed by atoms with Crippen molar-refractivity contribution in [1.82, 2.24) is 5.32 Å². The Morgan fingerprint density at radius 1 is 1.07 bits per heavy atom. The van der Waals surface area contributed by atoms with Crippen LogP contribution in [0.4, 0.5) is 11.4 Å². The molecular weight excluding hydrogens is 414 g/mol. The summed E-state index contributed by atoms with van der Waals surface area (Å²) in [5.41, 5.74) is 2.21. The van der Waals surface area contributed by atoms with Gasteiger partial charge in [-0.1, -0.05) is 42.8 Å². The third-order valence-electron chi connectivity index (χ3n) is 4.15. The molecule has 0 aliphatic carbocycles. The van der Waals surface area contributed by atoms with Gasteiger partial charge in [0, 0.05) is 27.9 Å². The lowest BCUT2D eigenvalue weighted by atomic mass is 10.1. The first-order valence-corrected chi connectivity index (χ1v) is 10.2. The molecule has 5 nitrogen and oxygen atoms in total. The second-order valence-electron chi connectivity index (χ2n) is 6.03. The minimum absolute atomic E-state index is 0.0736. The van der Waals surface area contributed by atoms with E-state index >= 15 is 0 Å². The molecule has 28 heavy (non-hydrogen) atoms. The molecule has 8 heteroatoms. The Bertz CT molecular complexity index is 1080. The molecule has 0 unspecified atom stereocenters. The Hall–Kier alpha value is -2.48. The van der Waals surface area contributed by atoms with Gasteiger partial charge in [0.05, 0.1) is 5.02 Å². The van der Waals surface area contributed by atoms with Crippen molar-refractivity contribution < 1.29 is 9.59 Å².